The highest BCUT2D eigenvalue weighted by molar-refractivity contribution is 5.13. The Labute approximate surface area is 63.6 Å². The zero-order valence-corrected chi connectivity index (χ0v) is 7.20. The smallest absolute Gasteiger partial charge is 0.0129 e. The molecule has 0 heteroatoms. The second kappa shape index (κ2) is 3.07. The Balaban J connectivity index is 2.80. The van der Waals surface area contributed by atoms with Gasteiger partial charge in [0, 0.05) is 0 Å². The first-order valence-electron chi connectivity index (χ1n) is 4.17. The maximum Gasteiger partial charge on any atom is -0.0129 e. The van der Waals surface area contributed by atoms with E-state index in [2.05, 4.69) is 26.5 Å². The highest BCUT2D eigenvalue weighted by Gasteiger charge is 2.11. The molecule has 0 aromatic heterocycles. The molecule has 0 aliphatic heterocycles. The molecule has 0 saturated carbocycles. The van der Waals surface area contributed by atoms with Crippen LogP contribution in [-0.2, 0) is 0 Å². The maximum absolute atomic E-state index is 3.41. The lowest BCUT2D eigenvalue weighted by molar-refractivity contribution is 0.530. The molecule has 0 saturated heterocycles. The van der Waals surface area contributed by atoms with Gasteiger partial charge in [-0.1, -0.05) is 6.92 Å². The van der Waals surface area contributed by atoms with Crippen LogP contribution >= 0.6 is 0 Å². The fourth-order valence-corrected chi connectivity index (χ4v) is 1.62. The lowest BCUT2D eigenvalue weighted by Crippen LogP contribution is -2.03. The maximum atomic E-state index is 3.41. The van der Waals surface area contributed by atoms with Crippen molar-refractivity contribution < 1.29 is 0 Å². The van der Waals surface area contributed by atoms with Crippen molar-refractivity contribution in [3.8, 4) is 0 Å². The Bertz CT molecular complexity index is 180. The second-order valence-corrected chi connectivity index (χ2v) is 3.23. The zero-order chi connectivity index (χ0) is 7.56. The van der Waals surface area contributed by atoms with Crippen LogP contribution in [0.2, 0.25) is 0 Å². The SMILES string of the molecule is CCC1CCC(C)=C=C1C. The molecule has 0 amide bonds. The molecule has 1 aliphatic rings. The fourth-order valence-electron chi connectivity index (χ4n) is 1.62. The number of hydrogen-bond donors (Lipinski definition) is 0. The van der Waals surface area contributed by atoms with E-state index in [0.29, 0.717) is 0 Å². The molecule has 0 radical (unpaired) electrons. The molecular weight excluding hydrogens is 120 g/mol. The van der Waals surface area contributed by atoms with Crippen molar-refractivity contribution in [1.82, 2.24) is 0 Å². The quantitative estimate of drug-likeness (QED) is 0.485. The third kappa shape index (κ3) is 1.52. The van der Waals surface area contributed by atoms with Crippen LogP contribution in [-0.4, -0.2) is 0 Å². The summed E-state index contributed by atoms with van der Waals surface area (Å²) in [7, 11) is 0. The van der Waals surface area contributed by atoms with E-state index < -0.39 is 0 Å². The van der Waals surface area contributed by atoms with Crippen molar-refractivity contribution in [2.45, 2.75) is 40.0 Å². The van der Waals surface area contributed by atoms with Gasteiger partial charge < -0.3 is 0 Å². The first kappa shape index (κ1) is 7.63. The largest absolute Gasteiger partial charge is 0.123 e. The Morgan fingerprint density at radius 3 is 2.70 bits per heavy atom. The van der Waals surface area contributed by atoms with E-state index in [0.717, 1.165) is 5.92 Å². The van der Waals surface area contributed by atoms with Crippen LogP contribution in [0.15, 0.2) is 16.9 Å². The van der Waals surface area contributed by atoms with E-state index in [-0.39, 0.29) is 0 Å². The van der Waals surface area contributed by atoms with E-state index >= 15 is 0 Å². The average molecular weight is 136 g/mol. The molecule has 0 fully saturated rings. The Kier molecular flexibility index (Phi) is 2.34. The van der Waals surface area contributed by atoms with Crippen LogP contribution in [0.3, 0.4) is 0 Å². The van der Waals surface area contributed by atoms with Gasteiger partial charge in [0.25, 0.3) is 0 Å². The first-order valence-corrected chi connectivity index (χ1v) is 4.17. The number of hydrogen-bond acceptors (Lipinski definition) is 0. The van der Waals surface area contributed by atoms with Gasteiger partial charge >= 0.3 is 0 Å². The first-order chi connectivity index (χ1) is 4.74. The van der Waals surface area contributed by atoms with Gasteiger partial charge in [0.15, 0.2) is 0 Å². The molecule has 0 spiro atoms. The normalized spacial score (nSPS) is 25.7. The summed E-state index contributed by atoms with van der Waals surface area (Å²) < 4.78 is 0. The van der Waals surface area contributed by atoms with Crippen LogP contribution in [0.1, 0.15) is 40.0 Å². The molecule has 0 N–H and O–H groups in total. The topological polar surface area (TPSA) is 0 Å². The van der Waals surface area contributed by atoms with Gasteiger partial charge in [-0.3, -0.25) is 0 Å². The summed E-state index contributed by atoms with van der Waals surface area (Å²) in [6.45, 7) is 6.64. The standard InChI is InChI=1S/C10H16/c1-4-10-6-5-8(2)7-9(10)3/h10H,4-6H2,1-3H3. The molecule has 1 aliphatic carbocycles. The van der Waals surface area contributed by atoms with Crippen molar-refractivity contribution in [1.29, 1.82) is 0 Å². The van der Waals surface area contributed by atoms with Crippen molar-refractivity contribution in [2.75, 3.05) is 0 Å². The predicted molar refractivity (Wildman–Crippen MR) is 44.9 cm³/mol. The molecule has 0 nitrogen and oxygen atoms in total. The summed E-state index contributed by atoms with van der Waals surface area (Å²) in [5.74, 6) is 0.823. The third-order valence-corrected chi connectivity index (χ3v) is 2.38. The molecule has 0 heterocycles. The summed E-state index contributed by atoms with van der Waals surface area (Å²) in [4.78, 5) is 0. The van der Waals surface area contributed by atoms with Crippen molar-refractivity contribution >= 4 is 0 Å². The van der Waals surface area contributed by atoms with E-state index in [9.17, 15) is 0 Å². The molecule has 10 heavy (non-hydrogen) atoms. The van der Waals surface area contributed by atoms with Gasteiger partial charge in [-0.05, 0) is 50.2 Å². The van der Waals surface area contributed by atoms with Gasteiger partial charge in [0.1, 0.15) is 0 Å². The van der Waals surface area contributed by atoms with E-state index in [4.69, 9.17) is 0 Å². The van der Waals surface area contributed by atoms with Gasteiger partial charge in [-0.25, -0.2) is 0 Å². The van der Waals surface area contributed by atoms with E-state index in [1.807, 2.05) is 0 Å². The lowest BCUT2D eigenvalue weighted by atomic mass is 9.87. The lowest BCUT2D eigenvalue weighted by Gasteiger charge is -2.17. The molecule has 0 aromatic rings. The molecule has 0 bridgehead atoms. The minimum atomic E-state index is 0.823. The highest BCUT2D eigenvalue weighted by Crippen LogP contribution is 2.25. The molecular formula is C10H16. The van der Waals surface area contributed by atoms with Crippen LogP contribution in [0.4, 0.5) is 0 Å². The van der Waals surface area contributed by atoms with Gasteiger partial charge in [0.2, 0.25) is 0 Å². The van der Waals surface area contributed by atoms with Gasteiger partial charge in [0.05, 0.1) is 0 Å². The highest BCUT2D eigenvalue weighted by atomic mass is 14.2. The Hall–Kier alpha value is -0.480. The fraction of sp³-hybridized carbons (Fsp3) is 0.700. The van der Waals surface area contributed by atoms with Crippen LogP contribution in [0.5, 0.6) is 0 Å². The summed E-state index contributed by atoms with van der Waals surface area (Å²) in [5, 5.41) is 0. The average Bonchev–Trinajstić information content (AvgIpc) is 1.88. The zero-order valence-electron chi connectivity index (χ0n) is 7.20. The monoisotopic (exact) mass is 136 g/mol. The van der Waals surface area contributed by atoms with E-state index in [1.165, 1.54) is 30.4 Å². The summed E-state index contributed by atoms with van der Waals surface area (Å²) >= 11 is 0. The molecule has 0 aromatic carbocycles. The summed E-state index contributed by atoms with van der Waals surface area (Å²) in [5.41, 5.74) is 6.31. The minimum Gasteiger partial charge on any atom is -0.123 e. The van der Waals surface area contributed by atoms with Crippen molar-refractivity contribution in [3.05, 3.63) is 16.9 Å². The number of allylic oxidation sites excluding steroid dienone is 1. The molecule has 56 valence electrons. The summed E-state index contributed by atoms with van der Waals surface area (Å²) in [6.07, 6.45) is 3.89. The van der Waals surface area contributed by atoms with Crippen LogP contribution in [0, 0.1) is 5.92 Å². The predicted octanol–water partition coefficient (Wildman–Crippen LogP) is 3.30. The van der Waals surface area contributed by atoms with Crippen molar-refractivity contribution in [2.24, 2.45) is 5.92 Å². The molecule has 1 unspecified atom stereocenters. The molecule has 1 rings (SSSR count). The summed E-state index contributed by atoms with van der Waals surface area (Å²) in [6, 6.07) is 0. The third-order valence-electron chi connectivity index (χ3n) is 2.38. The van der Waals surface area contributed by atoms with Gasteiger partial charge in [-0.15, -0.1) is 5.73 Å². The Morgan fingerprint density at radius 1 is 1.50 bits per heavy atom. The van der Waals surface area contributed by atoms with Gasteiger partial charge in [-0.2, -0.15) is 0 Å². The van der Waals surface area contributed by atoms with Crippen LogP contribution < -0.4 is 0 Å². The Morgan fingerprint density at radius 2 is 2.20 bits per heavy atom. The van der Waals surface area contributed by atoms with Crippen LogP contribution in [0.25, 0.3) is 0 Å². The second-order valence-electron chi connectivity index (χ2n) is 3.23. The number of rotatable bonds is 1. The minimum absolute atomic E-state index is 0.823. The molecule has 1 atom stereocenters. The van der Waals surface area contributed by atoms with Crippen molar-refractivity contribution in [3.63, 3.8) is 0 Å². The van der Waals surface area contributed by atoms with E-state index in [1.54, 1.807) is 0 Å².